The molecule has 22 heavy (non-hydrogen) atoms. The van der Waals surface area contributed by atoms with E-state index in [1.54, 1.807) is 12.1 Å². The van der Waals surface area contributed by atoms with Crippen LogP contribution in [-0.4, -0.2) is 9.97 Å². The van der Waals surface area contributed by atoms with Crippen molar-refractivity contribution in [3.05, 3.63) is 41.3 Å². The maximum absolute atomic E-state index is 13.8. The van der Waals surface area contributed by atoms with E-state index in [9.17, 15) is 17.6 Å². The first-order valence-corrected chi connectivity index (χ1v) is 6.57. The predicted molar refractivity (Wildman–Crippen MR) is 75.1 cm³/mol. The molecule has 0 saturated carbocycles. The van der Waals surface area contributed by atoms with E-state index in [-0.39, 0.29) is 11.5 Å². The molecule has 4 nitrogen and oxygen atoms in total. The minimum Gasteiger partial charge on any atom is -0.368 e. The highest BCUT2D eigenvalue weighted by atomic mass is 19.4. The summed E-state index contributed by atoms with van der Waals surface area (Å²) in [4.78, 5) is 6.79. The van der Waals surface area contributed by atoms with Crippen LogP contribution in [0.1, 0.15) is 24.6 Å². The number of nitrogens with one attached hydrogen (secondary N) is 1. The van der Waals surface area contributed by atoms with Crippen LogP contribution in [0.2, 0.25) is 0 Å². The summed E-state index contributed by atoms with van der Waals surface area (Å²) in [7, 11) is 0. The van der Waals surface area contributed by atoms with Crippen LogP contribution >= 0.6 is 0 Å². The lowest BCUT2D eigenvalue weighted by Crippen LogP contribution is -2.12. The predicted octanol–water partition coefficient (Wildman–Crippen LogP) is 3.91. The Morgan fingerprint density at radius 3 is 2.50 bits per heavy atom. The second-order valence-electron chi connectivity index (χ2n) is 4.68. The number of nitrogens with two attached hydrogens (primary N) is 1. The van der Waals surface area contributed by atoms with Gasteiger partial charge in [-0.25, -0.2) is 9.37 Å². The quantitative estimate of drug-likeness (QED) is 0.840. The zero-order valence-corrected chi connectivity index (χ0v) is 11.7. The summed E-state index contributed by atoms with van der Waals surface area (Å²) in [5.74, 6) is -1.09. The van der Waals surface area contributed by atoms with E-state index in [0.717, 1.165) is 6.42 Å². The van der Waals surface area contributed by atoms with Crippen LogP contribution in [0, 0.1) is 5.82 Å². The number of aryl methyl sites for hydroxylation is 1. The van der Waals surface area contributed by atoms with Gasteiger partial charge in [0.2, 0.25) is 5.95 Å². The SMILES string of the molecule is CCCc1ccc(Nc2cc(C(F)(F)F)nc(N)n2)cc1F. The van der Waals surface area contributed by atoms with Gasteiger partial charge in [0.05, 0.1) is 0 Å². The third kappa shape index (κ3) is 3.84. The van der Waals surface area contributed by atoms with Gasteiger partial charge in [-0.3, -0.25) is 0 Å². The summed E-state index contributed by atoms with van der Waals surface area (Å²) in [5, 5.41) is 2.60. The van der Waals surface area contributed by atoms with Crippen LogP contribution in [0.25, 0.3) is 0 Å². The van der Waals surface area contributed by atoms with Gasteiger partial charge in [-0.15, -0.1) is 0 Å². The number of halogens is 4. The summed E-state index contributed by atoms with van der Waals surface area (Å²) in [6, 6.07) is 5.07. The van der Waals surface area contributed by atoms with Crippen molar-refractivity contribution in [2.24, 2.45) is 0 Å². The van der Waals surface area contributed by atoms with Crippen molar-refractivity contribution in [2.45, 2.75) is 25.9 Å². The molecule has 0 bridgehead atoms. The number of benzene rings is 1. The first kappa shape index (κ1) is 16.0. The van der Waals surface area contributed by atoms with Crippen molar-refractivity contribution in [3.8, 4) is 0 Å². The zero-order chi connectivity index (χ0) is 16.3. The van der Waals surface area contributed by atoms with Crippen LogP contribution in [0.3, 0.4) is 0 Å². The van der Waals surface area contributed by atoms with Gasteiger partial charge in [-0.2, -0.15) is 18.2 Å². The Labute approximate surface area is 124 Å². The molecule has 1 heterocycles. The van der Waals surface area contributed by atoms with Crippen LogP contribution < -0.4 is 11.1 Å². The van der Waals surface area contributed by atoms with Gasteiger partial charge in [0.25, 0.3) is 0 Å². The van der Waals surface area contributed by atoms with E-state index < -0.39 is 23.6 Å². The minimum atomic E-state index is -4.64. The molecule has 8 heteroatoms. The van der Waals surface area contributed by atoms with E-state index >= 15 is 0 Å². The highest BCUT2D eigenvalue weighted by molar-refractivity contribution is 5.58. The van der Waals surface area contributed by atoms with Crippen LogP contribution in [0.15, 0.2) is 24.3 Å². The second-order valence-corrected chi connectivity index (χ2v) is 4.68. The number of nitrogens with zero attached hydrogens (tertiary/aromatic N) is 2. The lowest BCUT2D eigenvalue weighted by molar-refractivity contribution is -0.141. The topological polar surface area (TPSA) is 63.8 Å². The highest BCUT2D eigenvalue weighted by Gasteiger charge is 2.33. The van der Waals surface area contributed by atoms with Crippen LogP contribution in [-0.2, 0) is 12.6 Å². The van der Waals surface area contributed by atoms with Crippen molar-refractivity contribution in [2.75, 3.05) is 11.1 Å². The average Bonchev–Trinajstić information content (AvgIpc) is 2.40. The molecule has 0 aliphatic carbocycles. The molecular formula is C14H14F4N4. The van der Waals surface area contributed by atoms with E-state index in [0.29, 0.717) is 18.1 Å². The van der Waals surface area contributed by atoms with Crippen molar-refractivity contribution in [1.29, 1.82) is 0 Å². The number of rotatable bonds is 4. The number of hydrogen-bond acceptors (Lipinski definition) is 4. The smallest absolute Gasteiger partial charge is 0.368 e. The standard InChI is InChI=1S/C14H14F4N4/c1-2-3-8-4-5-9(6-10(8)15)20-12-7-11(14(16,17)18)21-13(19)22-12/h4-7H,2-3H2,1H3,(H3,19,20,21,22). The van der Waals surface area contributed by atoms with Gasteiger partial charge in [0.1, 0.15) is 11.6 Å². The molecule has 0 atom stereocenters. The van der Waals surface area contributed by atoms with Crippen LogP contribution in [0.5, 0.6) is 0 Å². The molecule has 1 aromatic heterocycles. The molecule has 0 unspecified atom stereocenters. The Morgan fingerprint density at radius 1 is 1.18 bits per heavy atom. The Hall–Kier alpha value is -2.38. The van der Waals surface area contributed by atoms with Crippen molar-refractivity contribution in [3.63, 3.8) is 0 Å². The third-order valence-corrected chi connectivity index (χ3v) is 2.88. The summed E-state index contributed by atoms with van der Waals surface area (Å²) >= 11 is 0. The van der Waals surface area contributed by atoms with Gasteiger partial charge in [0, 0.05) is 11.8 Å². The highest BCUT2D eigenvalue weighted by Crippen LogP contribution is 2.30. The molecule has 0 amide bonds. The molecular weight excluding hydrogens is 300 g/mol. The fourth-order valence-electron chi connectivity index (χ4n) is 1.92. The van der Waals surface area contributed by atoms with E-state index in [2.05, 4.69) is 15.3 Å². The molecule has 0 radical (unpaired) electrons. The molecule has 0 aliphatic heterocycles. The molecule has 0 saturated heterocycles. The van der Waals surface area contributed by atoms with E-state index in [1.807, 2.05) is 6.92 Å². The van der Waals surface area contributed by atoms with Gasteiger partial charge >= 0.3 is 6.18 Å². The largest absolute Gasteiger partial charge is 0.433 e. The molecule has 3 N–H and O–H groups in total. The molecule has 0 aliphatic rings. The fraction of sp³-hybridized carbons (Fsp3) is 0.286. The number of anilines is 3. The Bertz CT molecular complexity index is 670. The fourth-order valence-corrected chi connectivity index (χ4v) is 1.92. The second kappa shape index (κ2) is 6.17. The molecule has 0 spiro atoms. The van der Waals surface area contributed by atoms with Gasteiger partial charge in [-0.1, -0.05) is 19.4 Å². The van der Waals surface area contributed by atoms with Gasteiger partial charge in [0.15, 0.2) is 5.69 Å². The number of aromatic nitrogens is 2. The first-order valence-electron chi connectivity index (χ1n) is 6.57. The number of nitrogen functional groups attached to an aromatic ring is 1. The molecule has 2 aromatic rings. The molecule has 118 valence electrons. The average molecular weight is 314 g/mol. The summed E-state index contributed by atoms with van der Waals surface area (Å²) in [5.41, 5.74) is 4.93. The molecule has 2 rings (SSSR count). The zero-order valence-electron chi connectivity index (χ0n) is 11.7. The number of alkyl halides is 3. The number of hydrogen-bond donors (Lipinski definition) is 2. The summed E-state index contributed by atoms with van der Waals surface area (Å²) < 4.78 is 51.8. The Kier molecular flexibility index (Phi) is 4.48. The lowest BCUT2D eigenvalue weighted by atomic mass is 10.1. The third-order valence-electron chi connectivity index (χ3n) is 2.88. The van der Waals surface area contributed by atoms with Crippen LogP contribution in [0.4, 0.5) is 35.0 Å². The van der Waals surface area contributed by atoms with Gasteiger partial charge < -0.3 is 11.1 Å². The molecule has 1 aromatic carbocycles. The Balaban J connectivity index is 2.27. The van der Waals surface area contributed by atoms with E-state index in [4.69, 9.17) is 5.73 Å². The summed E-state index contributed by atoms with van der Waals surface area (Å²) in [6.07, 6.45) is -3.25. The maximum atomic E-state index is 13.8. The Morgan fingerprint density at radius 2 is 1.91 bits per heavy atom. The lowest BCUT2D eigenvalue weighted by Gasteiger charge is -2.11. The van der Waals surface area contributed by atoms with Gasteiger partial charge in [-0.05, 0) is 24.1 Å². The van der Waals surface area contributed by atoms with Crippen molar-refractivity contribution in [1.82, 2.24) is 9.97 Å². The van der Waals surface area contributed by atoms with E-state index in [1.165, 1.54) is 6.07 Å². The first-order chi connectivity index (χ1) is 10.3. The van der Waals surface area contributed by atoms with Crippen molar-refractivity contribution < 1.29 is 17.6 Å². The maximum Gasteiger partial charge on any atom is 0.433 e. The monoisotopic (exact) mass is 314 g/mol. The normalized spacial score (nSPS) is 11.5. The molecule has 0 fully saturated rings. The summed E-state index contributed by atoms with van der Waals surface area (Å²) in [6.45, 7) is 1.92. The van der Waals surface area contributed by atoms with Crippen molar-refractivity contribution >= 4 is 17.5 Å². The minimum absolute atomic E-state index is 0.150.